The zero-order valence-electron chi connectivity index (χ0n) is 16.3. The maximum absolute atomic E-state index is 12.6. The number of rotatable bonds is 5. The van der Waals surface area contributed by atoms with E-state index >= 15 is 0 Å². The van der Waals surface area contributed by atoms with Crippen molar-refractivity contribution in [2.45, 2.75) is 39.5 Å². The first-order chi connectivity index (χ1) is 12.8. The number of nitrogens with zero attached hydrogens (tertiary/aromatic N) is 1. The van der Waals surface area contributed by atoms with E-state index in [0.29, 0.717) is 18.1 Å². The summed E-state index contributed by atoms with van der Waals surface area (Å²) in [5, 5.41) is 2.89. The third-order valence-electron chi connectivity index (χ3n) is 4.53. The van der Waals surface area contributed by atoms with Crippen LogP contribution in [0, 0.1) is 19.8 Å². The molecule has 2 aromatic carbocycles. The normalized spacial score (nSPS) is 16.9. The highest BCUT2D eigenvalue weighted by molar-refractivity contribution is 8.00. The van der Waals surface area contributed by atoms with Crippen molar-refractivity contribution in [3.8, 4) is 0 Å². The Morgan fingerprint density at radius 2 is 2.00 bits per heavy atom. The lowest BCUT2D eigenvalue weighted by atomic mass is 10.1. The van der Waals surface area contributed by atoms with Crippen LogP contribution in [0.5, 0.6) is 0 Å². The smallest absolute Gasteiger partial charge is 0.238 e. The molecule has 2 amide bonds. The Morgan fingerprint density at radius 3 is 2.70 bits per heavy atom. The molecule has 0 aromatic heterocycles. The van der Waals surface area contributed by atoms with E-state index in [-0.39, 0.29) is 17.2 Å². The van der Waals surface area contributed by atoms with Gasteiger partial charge in [0, 0.05) is 17.8 Å². The van der Waals surface area contributed by atoms with Crippen molar-refractivity contribution in [2.24, 2.45) is 5.92 Å². The number of hydrogen-bond donors (Lipinski definition) is 1. The molecule has 2 aromatic rings. The van der Waals surface area contributed by atoms with Gasteiger partial charge in [-0.05, 0) is 49.1 Å². The van der Waals surface area contributed by atoms with Crippen molar-refractivity contribution in [2.75, 3.05) is 16.0 Å². The topological polar surface area (TPSA) is 49.4 Å². The van der Waals surface area contributed by atoms with Crippen LogP contribution in [0.2, 0.25) is 0 Å². The number of benzene rings is 2. The number of carbonyl (C=O) groups is 2. The summed E-state index contributed by atoms with van der Waals surface area (Å²) in [7, 11) is 0. The molecule has 0 saturated carbocycles. The minimum atomic E-state index is -0.0825. The standard InChI is InChI=1S/C22H26N2O2S/c1-14(2)10-20(25)23-18-7-5-6-17(12-18)22-24(21(26)13-27-22)19-9-8-15(3)11-16(19)4/h5-9,11-12,14,22H,10,13H2,1-4H3,(H,23,25)/t22-/m0/s1. The van der Waals surface area contributed by atoms with Crippen LogP contribution >= 0.6 is 11.8 Å². The third kappa shape index (κ3) is 4.53. The summed E-state index contributed by atoms with van der Waals surface area (Å²) < 4.78 is 0. The van der Waals surface area contributed by atoms with Crippen molar-refractivity contribution in [3.05, 3.63) is 59.2 Å². The molecule has 1 heterocycles. The van der Waals surface area contributed by atoms with Gasteiger partial charge in [0.15, 0.2) is 0 Å². The highest BCUT2D eigenvalue weighted by Crippen LogP contribution is 2.43. The molecule has 0 unspecified atom stereocenters. The molecule has 0 spiro atoms. The number of aryl methyl sites for hydroxylation is 2. The predicted octanol–water partition coefficient (Wildman–Crippen LogP) is 5.07. The van der Waals surface area contributed by atoms with Gasteiger partial charge in [-0.2, -0.15) is 0 Å². The summed E-state index contributed by atoms with van der Waals surface area (Å²) in [5.41, 5.74) is 5.03. The summed E-state index contributed by atoms with van der Waals surface area (Å²) in [6.45, 7) is 8.15. The summed E-state index contributed by atoms with van der Waals surface area (Å²) in [6.07, 6.45) is 0.496. The van der Waals surface area contributed by atoms with E-state index < -0.39 is 0 Å². The van der Waals surface area contributed by atoms with Gasteiger partial charge in [0.25, 0.3) is 0 Å². The van der Waals surface area contributed by atoms with Crippen LogP contribution in [0.15, 0.2) is 42.5 Å². The third-order valence-corrected chi connectivity index (χ3v) is 5.74. The van der Waals surface area contributed by atoms with Gasteiger partial charge >= 0.3 is 0 Å². The predicted molar refractivity (Wildman–Crippen MR) is 113 cm³/mol. The molecule has 0 bridgehead atoms. The number of carbonyl (C=O) groups excluding carboxylic acids is 2. The van der Waals surface area contributed by atoms with Crippen molar-refractivity contribution >= 4 is 35.0 Å². The van der Waals surface area contributed by atoms with E-state index in [9.17, 15) is 9.59 Å². The minimum Gasteiger partial charge on any atom is -0.326 e. The molecule has 1 aliphatic rings. The maximum atomic E-state index is 12.6. The number of thioether (sulfide) groups is 1. The van der Waals surface area contributed by atoms with Crippen LogP contribution in [0.3, 0.4) is 0 Å². The van der Waals surface area contributed by atoms with Gasteiger partial charge in [0.2, 0.25) is 11.8 Å². The molecule has 0 aliphatic carbocycles. The molecule has 4 nitrogen and oxygen atoms in total. The highest BCUT2D eigenvalue weighted by Gasteiger charge is 2.34. The van der Waals surface area contributed by atoms with E-state index in [2.05, 4.69) is 18.3 Å². The zero-order valence-corrected chi connectivity index (χ0v) is 17.1. The van der Waals surface area contributed by atoms with Gasteiger partial charge in [0.05, 0.1) is 5.75 Å². The molecule has 5 heteroatoms. The van der Waals surface area contributed by atoms with E-state index in [4.69, 9.17) is 0 Å². The van der Waals surface area contributed by atoms with Gasteiger partial charge < -0.3 is 5.32 Å². The Labute approximate surface area is 165 Å². The van der Waals surface area contributed by atoms with Gasteiger partial charge in [-0.3, -0.25) is 14.5 Å². The van der Waals surface area contributed by atoms with Crippen molar-refractivity contribution < 1.29 is 9.59 Å². The lowest BCUT2D eigenvalue weighted by molar-refractivity contribution is -0.117. The number of nitrogens with one attached hydrogen (secondary N) is 1. The average Bonchev–Trinajstić information content (AvgIpc) is 2.96. The molecule has 0 radical (unpaired) electrons. The van der Waals surface area contributed by atoms with Gasteiger partial charge in [0.1, 0.15) is 5.37 Å². The SMILES string of the molecule is Cc1ccc(N2C(=O)CS[C@H]2c2cccc(NC(=O)CC(C)C)c2)c(C)c1. The van der Waals surface area contributed by atoms with Crippen molar-refractivity contribution in [1.82, 2.24) is 0 Å². The number of amides is 2. The monoisotopic (exact) mass is 382 g/mol. The van der Waals surface area contributed by atoms with Gasteiger partial charge in [-0.1, -0.05) is 43.7 Å². The largest absolute Gasteiger partial charge is 0.326 e. The summed E-state index contributed by atoms with van der Waals surface area (Å²) in [5.74, 6) is 0.910. The Kier molecular flexibility index (Phi) is 5.90. The summed E-state index contributed by atoms with van der Waals surface area (Å²) in [4.78, 5) is 26.6. The van der Waals surface area contributed by atoms with Crippen LogP contribution in [0.4, 0.5) is 11.4 Å². The molecule has 142 valence electrons. The van der Waals surface area contributed by atoms with E-state index in [1.165, 1.54) is 5.56 Å². The maximum Gasteiger partial charge on any atom is 0.238 e. The Morgan fingerprint density at radius 1 is 1.22 bits per heavy atom. The molecular formula is C22H26N2O2S. The minimum absolute atomic E-state index is 0.0172. The van der Waals surface area contributed by atoms with Crippen LogP contribution in [0.1, 0.15) is 42.3 Å². The fraction of sp³-hybridized carbons (Fsp3) is 0.364. The first kappa shape index (κ1) is 19.5. The van der Waals surface area contributed by atoms with Crippen LogP contribution < -0.4 is 10.2 Å². The van der Waals surface area contributed by atoms with Crippen LogP contribution in [-0.2, 0) is 9.59 Å². The average molecular weight is 383 g/mol. The van der Waals surface area contributed by atoms with Gasteiger partial charge in [-0.25, -0.2) is 0 Å². The lowest BCUT2D eigenvalue weighted by Gasteiger charge is -2.26. The Hall–Kier alpha value is -2.27. The Balaban J connectivity index is 1.87. The number of anilines is 2. The molecular weight excluding hydrogens is 356 g/mol. The fourth-order valence-corrected chi connectivity index (χ4v) is 4.52. The quantitative estimate of drug-likeness (QED) is 0.786. The molecule has 1 N–H and O–H groups in total. The highest BCUT2D eigenvalue weighted by atomic mass is 32.2. The fourth-order valence-electron chi connectivity index (χ4n) is 3.36. The second-order valence-electron chi connectivity index (χ2n) is 7.49. The molecule has 3 rings (SSSR count). The van der Waals surface area contributed by atoms with Crippen LogP contribution in [-0.4, -0.2) is 17.6 Å². The summed E-state index contributed by atoms with van der Waals surface area (Å²) in [6, 6.07) is 14.0. The first-order valence-electron chi connectivity index (χ1n) is 9.26. The first-order valence-corrected chi connectivity index (χ1v) is 10.3. The van der Waals surface area contributed by atoms with E-state index in [0.717, 1.165) is 22.5 Å². The van der Waals surface area contributed by atoms with E-state index in [1.807, 2.05) is 62.1 Å². The number of hydrogen-bond acceptors (Lipinski definition) is 3. The van der Waals surface area contributed by atoms with Crippen LogP contribution in [0.25, 0.3) is 0 Å². The second kappa shape index (κ2) is 8.17. The second-order valence-corrected chi connectivity index (χ2v) is 8.56. The van der Waals surface area contributed by atoms with Gasteiger partial charge in [-0.15, -0.1) is 11.8 Å². The Bertz CT molecular complexity index is 863. The molecule has 1 aliphatic heterocycles. The molecule has 1 saturated heterocycles. The molecule has 27 heavy (non-hydrogen) atoms. The van der Waals surface area contributed by atoms with Crippen molar-refractivity contribution in [3.63, 3.8) is 0 Å². The van der Waals surface area contributed by atoms with Crippen molar-refractivity contribution in [1.29, 1.82) is 0 Å². The molecule has 1 fully saturated rings. The zero-order chi connectivity index (χ0) is 19.6. The summed E-state index contributed by atoms with van der Waals surface area (Å²) >= 11 is 1.62. The van der Waals surface area contributed by atoms with E-state index in [1.54, 1.807) is 11.8 Å². The molecule has 1 atom stereocenters. The lowest BCUT2D eigenvalue weighted by Crippen LogP contribution is -2.28.